The van der Waals surface area contributed by atoms with E-state index in [1.54, 1.807) is 0 Å². The van der Waals surface area contributed by atoms with Crippen LogP contribution in [0, 0.1) is 17.8 Å². The molecular weight excluding hydrogens is 352 g/mol. The third-order valence-corrected chi connectivity index (χ3v) is 5.45. The van der Waals surface area contributed by atoms with E-state index < -0.39 is 36.7 Å². The summed E-state index contributed by atoms with van der Waals surface area (Å²) in [5.74, 6) is -3.07. The average molecular weight is 378 g/mol. The molecule has 0 heterocycles. The molecule has 27 heavy (non-hydrogen) atoms. The van der Waals surface area contributed by atoms with Crippen LogP contribution in [0.1, 0.15) is 19.3 Å². The summed E-state index contributed by atoms with van der Waals surface area (Å²) in [5, 5.41) is 37.5. The lowest BCUT2D eigenvalue weighted by atomic mass is 9.62. The number of esters is 1. The lowest BCUT2D eigenvalue weighted by Gasteiger charge is -2.45. The Morgan fingerprint density at radius 1 is 1.30 bits per heavy atom. The van der Waals surface area contributed by atoms with Crippen LogP contribution in [0.25, 0.3) is 0 Å². The Kier molecular flexibility index (Phi) is 6.75. The van der Waals surface area contributed by atoms with E-state index in [0.29, 0.717) is 6.42 Å². The molecule has 0 radical (unpaired) electrons. The van der Waals surface area contributed by atoms with Crippen LogP contribution in [0.5, 0.6) is 0 Å². The predicted octanol–water partition coefficient (Wildman–Crippen LogP) is 0.969. The Hall–Kier alpha value is -2.22. The van der Waals surface area contributed by atoms with Gasteiger partial charge in [-0.05, 0) is 30.3 Å². The molecule has 4 N–H and O–H groups in total. The second-order valence-corrected chi connectivity index (χ2v) is 7.09. The third kappa shape index (κ3) is 4.37. The SMILES string of the molecule is C=C(C(=O)O)[C@H]1[C@H]2C=C(CO)CC[C@@H]2C(=C)C[C@@H]1OC(=O)C(=C)[C@H](O)CO. The standard InChI is InChI=1S/C20H26O7/c1-10-6-17(27-20(26)11(2)16(23)9-22)18(12(3)19(24)25)15-7-13(8-21)4-5-14(10)15/h7,14-18,21-23H,1-6,8-9H2,(H,24,25)/t14-,15+,16-,17+,18+/m1/s1. The highest BCUT2D eigenvalue weighted by Gasteiger charge is 2.46. The van der Waals surface area contributed by atoms with Crippen molar-refractivity contribution >= 4 is 11.9 Å². The molecular formula is C20H26O7. The third-order valence-electron chi connectivity index (χ3n) is 5.45. The van der Waals surface area contributed by atoms with Gasteiger partial charge < -0.3 is 25.2 Å². The van der Waals surface area contributed by atoms with Gasteiger partial charge in [-0.25, -0.2) is 9.59 Å². The van der Waals surface area contributed by atoms with E-state index in [0.717, 1.165) is 17.6 Å². The Morgan fingerprint density at radius 2 is 1.96 bits per heavy atom. The molecule has 0 aliphatic heterocycles. The van der Waals surface area contributed by atoms with Gasteiger partial charge >= 0.3 is 11.9 Å². The summed E-state index contributed by atoms with van der Waals surface area (Å²) in [6.45, 7) is 10.4. The number of hydrogen-bond acceptors (Lipinski definition) is 6. The van der Waals surface area contributed by atoms with Crippen molar-refractivity contribution in [2.24, 2.45) is 17.8 Å². The molecule has 1 fully saturated rings. The molecule has 0 saturated heterocycles. The van der Waals surface area contributed by atoms with Gasteiger partial charge in [0.25, 0.3) is 0 Å². The molecule has 7 nitrogen and oxygen atoms in total. The van der Waals surface area contributed by atoms with E-state index in [1.807, 2.05) is 6.08 Å². The van der Waals surface area contributed by atoms with Gasteiger partial charge in [-0.15, -0.1) is 0 Å². The largest absolute Gasteiger partial charge is 0.478 e. The molecule has 0 aromatic heterocycles. The molecule has 0 bridgehead atoms. The van der Waals surface area contributed by atoms with E-state index in [1.165, 1.54) is 0 Å². The zero-order valence-electron chi connectivity index (χ0n) is 15.1. The maximum atomic E-state index is 12.3. The molecule has 7 heteroatoms. The summed E-state index contributed by atoms with van der Waals surface area (Å²) in [5.41, 5.74) is 1.26. The molecule has 2 aliphatic carbocycles. The van der Waals surface area contributed by atoms with Crippen molar-refractivity contribution in [3.8, 4) is 0 Å². The summed E-state index contributed by atoms with van der Waals surface area (Å²) in [6, 6.07) is 0. The number of allylic oxidation sites excluding steroid dienone is 1. The molecule has 0 aromatic carbocycles. The second-order valence-electron chi connectivity index (χ2n) is 7.09. The van der Waals surface area contributed by atoms with Gasteiger partial charge in [0, 0.05) is 17.9 Å². The van der Waals surface area contributed by atoms with Gasteiger partial charge in [-0.1, -0.05) is 31.4 Å². The number of rotatable bonds is 7. The smallest absolute Gasteiger partial charge is 0.336 e. The Labute approximate surface area is 158 Å². The van der Waals surface area contributed by atoms with Gasteiger partial charge in [0.15, 0.2) is 0 Å². The van der Waals surface area contributed by atoms with Crippen molar-refractivity contribution in [1.82, 2.24) is 0 Å². The maximum absolute atomic E-state index is 12.3. The number of carboxylic acids is 1. The molecule has 148 valence electrons. The summed E-state index contributed by atoms with van der Waals surface area (Å²) < 4.78 is 5.46. The van der Waals surface area contributed by atoms with Crippen LogP contribution in [0.4, 0.5) is 0 Å². The first-order valence-corrected chi connectivity index (χ1v) is 8.80. The summed E-state index contributed by atoms with van der Waals surface area (Å²) in [7, 11) is 0. The topological polar surface area (TPSA) is 124 Å². The first-order chi connectivity index (χ1) is 12.7. The first kappa shape index (κ1) is 21.1. The van der Waals surface area contributed by atoms with Gasteiger partial charge in [-0.2, -0.15) is 0 Å². The van der Waals surface area contributed by atoms with E-state index in [9.17, 15) is 24.9 Å². The van der Waals surface area contributed by atoms with Gasteiger partial charge in [0.1, 0.15) is 12.2 Å². The lowest BCUT2D eigenvalue weighted by Crippen LogP contribution is -2.44. The first-order valence-electron chi connectivity index (χ1n) is 8.80. The van der Waals surface area contributed by atoms with Gasteiger partial charge in [0.05, 0.1) is 18.8 Å². The molecule has 1 saturated carbocycles. The van der Waals surface area contributed by atoms with E-state index in [4.69, 9.17) is 9.84 Å². The maximum Gasteiger partial charge on any atom is 0.336 e. The van der Waals surface area contributed by atoms with Crippen molar-refractivity contribution in [1.29, 1.82) is 0 Å². The number of carbonyl (C=O) groups is 2. The van der Waals surface area contributed by atoms with Crippen LogP contribution in [0.2, 0.25) is 0 Å². The minimum Gasteiger partial charge on any atom is -0.478 e. The highest BCUT2D eigenvalue weighted by Crippen LogP contribution is 2.48. The van der Waals surface area contributed by atoms with Crippen molar-refractivity contribution in [3.63, 3.8) is 0 Å². The summed E-state index contributed by atoms with van der Waals surface area (Å²) in [6.07, 6.45) is 1.26. The molecule has 2 aliphatic rings. The van der Waals surface area contributed by atoms with Crippen LogP contribution >= 0.6 is 0 Å². The van der Waals surface area contributed by atoms with Crippen LogP contribution in [0.3, 0.4) is 0 Å². The number of carbonyl (C=O) groups excluding carboxylic acids is 1. The van der Waals surface area contributed by atoms with Crippen molar-refractivity contribution in [3.05, 3.63) is 48.1 Å². The molecule has 5 atom stereocenters. The fourth-order valence-electron chi connectivity index (χ4n) is 3.93. The Morgan fingerprint density at radius 3 is 2.52 bits per heavy atom. The summed E-state index contributed by atoms with van der Waals surface area (Å²) in [4.78, 5) is 23.9. The molecule has 0 spiro atoms. The van der Waals surface area contributed by atoms with Crippen LogP contribution in [-0.2, 0) is 14.3 Å². The molecule has 0 unspecified atom stereocenters. The monoisotopic (exact) mass is 378 g/mol. The van der Waals surface area contributed by atoms with Crippen LogP contribution in [0.15, 0.2) is 48.1 Å². The van der Waals surface area contributed by atoms with E-state index in [2.05, 4.69) is 19.7 Å². The molecule has 0 aromatic rings. The lowest BCUT2D eigenvalue weighted by molar-refractivity contribution is -0.151. The zero-order chi connectivity index (χ0) is 20.3. The minimum atomic E-state index is -1.45. The summed E-state index contributed by atoms with van der Waals surface area (Å²) >= 11 is 0. The number of carboxylic acid groups (broad SMARTS) is 1. The highest BCUT2D eigenvalue weighted by molar-refractivity contribution is 5.89. The number of ether oxygens (including phenoxy) is 1. The number of fused-ring (bicyclic) bond motifs is 1. The highest BCUT2D eigenvalue weighted by atomic mass is 16.5. The predicted molar refractivity (Wildman–Crippen MR) is 97.5 cm³/mol. The normalized spacial score (nSPS) is 28.6. The Bertz CT molecular complexity index is 690. The number of hydrogen-bond donors (Lipinski definition) is 4. The molecule has 0 amide bonds. The van der Waals surface area contributed by atoms with Gasteiger partial charge in [0.2, 0.25) is 0 Å². The van der Waals surface area contributed by atoms with Crippen molar-refractivity contribution < 1.29 is 34.8 Å². The van der Waals surface area contributed by atoms with Crippen molar-refractivity contribution in [2.75, 3.05) is 13.2 Å². The van der Waals surface area contributed by atoms with E-state index in [-0.39, 0.29) is 36.0 Å². The number of aliphatic hydroxyl groups excluding tert-OH is 3. The fraction of sp³-hybridized carbons (Fsp3) is 0.500. The van der Waals surface area contributed by atoms with E-state index >= 15 is 0 Å². The van der Waals surface area contributed by atoms with Crippen molar-refractivity contribution in [2.45, 2.75) is 31.5 Å². The van der Waals surface area contributed by atoms with Crippen LogP contribution in [-0.4, -0.2) is 57.8 Å². The quantitative estimate of drug-likeness (QED) is 0.296. The molecule has 2 rings (SSSR count). The fourth-order valence-corrected chi connectivity index (χ4v) is 3.93. The Balaban J connectivity index is 2.35. The second kappa shape index (κ2) is 8.65. The number of aliphatic hydroxyl groups is 3. The zero-order valence-corrected chi connectivity index (χ0v) is 15.1. The van der Waals surface area contributed by atoms with Crippen LogP contribution < -0.4 is 0 Å². The minimum absolute atomic E-state index is 0.0163. The number of aliphatic carboxylic acids is 1. The average Bonchev–Trinajstić information content (AvgIpc) is 2.65. The van der Waals surface area contributed by atoms with Gasteiger partial charge in [-0.3, -0.25) is 0 Å².